The van der Waals surface area contributed by atoms with Crippen molar-refractivity contribution in [1.82, 2.24) is 10.3 Å². The summed E-state index contributed by atoms with van der Waals surface area (Å²) in [7, 11) is 0. The molecule has 2 N–H and O–H groups in total. The molecule has 0 spiro atoms. The van der Waals surface area contributed by atoms with E-state index in [1.54, 1.807) is 18.3 Å². The first kappa shape index (κ1) is 15.7. The third kappa shape index (κ3) is 4.15. The van der Waals surface area contributed by atoms with Crippen LogP contribution >= 0.6 is 0 Å². The largest absolute Gasteiger partial charge is 0.348 e. The number of carbonyl (C=O) groups is 2. The zero-order valence-corrected chi connectivity index (χ0v) is 12.7. The summed E-state index contributed by atoms with van der Waals surface area (Å²) in [4.78, 5) is 27.8. The number of nitrogens with zero attached hydrogens (tertiary/aromatic N) is 1. The van der Waals surface area contributed by atoms with Crippen molar-refractivity contribution < 1.29 is 9.59 Å². The first-order chi connectivity index (χ1) is 10.6. The number of carbonyl (C=O) groups excluding carboxylic acids is 2. The summed E-state index contributed by atoms with van der Waals surface area (Å²) in [6, 6.07) is 10.8. The average Bonchev–Trinajstić information content (AvgIpc) is 2.54. The van der Waals surface area contributed by atoms with E-state index >= 15 is 0 Å². The van der Waals surface area contributed by atoms with Crippen molar-refractivity contribution in [2.75, 3.05) is 5.32 Å². The van der Waals surface area contributed by atoms with Gasteiger partial charge in [-0.15, -0.1) is 0 Å². The Balaban J connectivity index is 2.04. The van der Waals surface area contributed by atoms with Gasteiger partial charge in [-0.2, -0.15) is 0 Å². The van der Waals surface area contributed by atoms with E-state index in [1.165, 1.54) is 6.20 Å². The van der Waals surface area contributed by atoms with E-state index in [4.69, 9.17) is 0 Å². The lowest BCUT2D eigenvalue weighted by atomic mass is 10.1. The Kier molecular flexibility index (Phi) is 5.25. The molecule has 114 valence electrons. The Morgan fingerprint density at radius 3 is 2.59 bits per heavy atom. The maximum atomic E-state index is 12.0. The van der Waals surface area contributed by atoms with Gasteiger partial charge in [0.2, 0.25) is 5.91 Å². The first-order valence-corrected chi connectivity index (χ1v) is 7.15. The summed E-state index contributed by atoms with van der Waals surface area (Å²) in [6.07, 6.45) is 3.13. The van der Waals surface area contributed by atoms with Crippen LogP contribution in [0.2, 0.25) is 0 Å². The maximum Gasteiger partial charge on any atom is 0.253 e. The first-order valence-electron chi connectivity index (χ1n) is 7.15. The molecular formula is C17H19N3O2. The average molecular weight is 297 g/mol. The van der Waals surface area contributed by atoms with Crippen molar-refractivity contribution in [2.24, 2.45) is 5.92 Å². The molecule has 5 nitrogen and oxygen atoms in total. The number of amides is 2. The van der Waals surface area contributed by atoms with Crippen LogP contribution in [-0.2, 0) is 11.3 Å². The van der Waals surface area contributed by atoms with Gasteiger partial charge in [0.05, 0.1) is 5.56 Å². The summed E-state index contributed by atoms with van der Waals surface area (Å²) in [5, 5.41) is 5.70. The Hall–Kier alpha value is -2.69. The highest BCUT2D eigenvalue weighted by Crippen LogP contribution is 2.16. The predicted molar refractivity (Wildman–Crippen MR) is 85.3 cm³/mol. The molecule has 0 aliphatic carbocycles. The highest BCUT2D eigenvalue weighted by Gasteiger charge is 2.11. The van der Waals surface area contributed by atoms with Crippen molar-refractivity contribution in [2.45, 2.75) is 20.4 Å². The number of pyridine rings is 1. The Bertz CT molecular complexity index is 654. The molecule has 2 amide bonds. The van der Waals surface area contributed by atoms with Crippen LogP contribution in [0, 0.1) is 5.92 Å². The number of hydrogen-bond acceptors (Lipinski definition) is 3. The second kappa shape index (κ2) is 7.36. The van der Waals surface area contributed by atoms with E-state index < -0.39 is 0 Å². The molecule has 1 heterocycles. The summed E-state index contributed by atoms with van der Waals surface area (Å²) in [5.41, 5.74) is 2.08. The van der Waals surface area contributed by atoms with Gasteiger partial charge in [0, 0.05) is 30.5 Å². The molecule has 0 aliphatic heterocycles. The monoisotopic (exact) mass is 297 g/mol. The minimum Gasteiger partial charge on any atom is -0.348 e. The van der Waals surface area contributed by atoms with Crippen LogP contribution in [0.3, 0.4) is 0 Å². The van der Waals surface area contributed by atoms with Crippen molar-refractivity contribution in [3.05, 3.63) is 59.9 Å². The van der Waals surface area contributed by atoms with Crippen LogP contribution in [0.4, 0.5) is 5.69 Å². The highest BCUT2D eigenvalue weighted by atomic mass is 16.2. The van der Waals surface area contributed by atoms with Crippen molar-refractivity contribution in [3.63, 3.8) is 0 Å². The van der Waals surface area contributed by atoms with E-state index in [9.17, 15) is 9.59 Å². The lowest BCUT2D eigenvalue weighted by molar-refractivity contribution is -0.118. The topological polar surface area (TPSA) is 71.1 Å². The Morgan fingerprint density at radius 2 is 1.91 bits per heavy atom. The van der Waals surface area contributed by atoms with E-state index in [0.29, 0.717) is 17.8 Å². The SMILES string of the molecule is CC(C)C(=O)Nc1ccccc1CNC(=O)c1cccnc1. The molecule has 0 bridgehead atoms. The fourth-order valence-corrected chi connectivity index (χ4v) is 1.85. The van der Waals surface area contributed by atoms with E-state index in [2.05, 4.69) is 15.6 Å². The van der Waals surface area contributed by atoms with E-state index in [1.807, 2.05) is 38.1 Å². The molecule has 0 unspecified atom stereocenters. The van der Waals surface area contributed by atoms with Gasteiger partial charge in [0.25, 0.3) is 5.91 Å². The van der Waals surface area contributed by atoms with Crippen LogP contribution in [0.15, 0.2) is 48.8 Å². The number of benzene rings is 1. The summed E-state index contributed by atoms with van der Waals surface area (Å²) >= 11 is 0. The Morgan fingerprint density at radius 1 is 1.14 bits per heavy atom. The molecule has 5 heteroatoms. The second-order valence-electron chi connectivity index (χ2n) is 5.23. The van der Waals surface area contributed by atoms with Crippen LogP contribution < -0.4 is 10.6 Å². The lowest BCUT2D eigenvalue weighted by Gasteiger charge is -2.13. The number of rotatable bonds is 5. The van der Waals surface area contributed by atoms with Gasteiger partial charge in [-0.1, -0.05) is 32.0 Å². The smallest absolute Gasteiger partial charge is 0.253 e. The molecular weight excluding hydrogens is 278 g/mol. The summed E-state index contributed by atoms with van der Waals surface area (Å²) in [6.45, 7) is 4.01. The van der Waals surface area contributed by atoms with Gasteiger partial charge in [-0.3, -0.25) is 14.6 Å². The number of anilines is 1. The zero-order valence-electron chi connectivity index (χ0n) is 12.7. The molecule has 0 fully saturated rings. The number of nitrogens with one attached hydrogen (secondary N) is 2. The van der Waals surface area contributed by atoms with Crippen molar-refractivity contribution in [1.29, 1.82) is 0 Å². The van der Waals surface area contributed by atoms with E-state index in [-0.39, 0.29) is 17.7 Å². The molecule has 0 atom stereocenters. The van der Waals surface area contributed by atoms with E-state index in [0.717, 1.165) is 5.56 Å². The molecule has 0 saturated carbocycles. The van der Waals surface area contributed by atoms with Crippen LogP contribution in [0.5, 0.6) is 0 Å². The van der Waals surface area contributed by atoms with Gasteiger partial charge in [-0.05, 0) is 23.8 Å². The van der Waals surface area contributed by atoms with Gasteiger partial charge < -0.3 is 10.6 Å². The third-order valence-corrected chi connectivity index (χ3v) is 3.16. The lowest BCUT2D eigenvalue weighted by Crippen LogP contribution is -2.24. The van der Waals surface area contributed by atoms with Crippen molar-refractivity contribution >= 4 is 17.5 Å². The highest BCUT2D eigenvalue weighted by molar-refractivity contribution is 5.94. The van der Waals surface area contributed by atoms with Gasteiger partial charge in [0.15, 0.2) is 0 Å². The molecule has 2 rings (SSSR count). The molecule has 1 aromatic heterocycles. The van der Waals surface area contributed by atoms with Gasteiger partial charge in [-0.25, -0.2) is 0 Å². The summed E-state index contributed by atoms with van der Waals surface area (Å²) in [5.74, 6) is -0.345. The maximum absolute atomic E-state index is 12.0. The standard InChI is InChI=1S/C17H19N3O2/c1-12(2)16(21)20-15-8-4-3-6-13(15)11-19-17(22)14-7-5-9-18-10-14/h3-10,12H,11H2,1-2H3,(H,19,22)(H,20,21). The van der Waals surface area contributed by atoms with Crippen LogP contribution in [0.1, 0.15) is 29.8 Å². The minimum absolute atomic E-state index is 0.0500. The zero-order chi connectivity index (χ0) is 15.9. The van der Waals surface area contributed by atoms with Crippen LogP contribution in [-0.4, -0.2) is 16.8 Å². The predicted octanol–water partition coefficient (Wildman–Crippen LogP) is 2.61. The van der Waals surface area contributed by atoms with Crippen LogP contribution in [0.25, 0.3) is 0 Å². The van der Waals surface area contributed by atoms with Gasteiger partial charge >= 0.3 is 0 Å². The summed E-state index contributed by atoms with van der Waals surface area (Å²) < 4.78 is 0. The molecule has 22 heavy (non-hydrogen) atoms. The second-order valence-corrected chi connectivity index (χ2v) is 5.23. The number of hydrogen-bond donors (Lipinski definition) is 2. The minimum atomic E-state index is -0.196. The molecule has 2 aromatic rings. The number of para-hydroxylation sites is 1. The molecule has 0 radical (unpaired) electrons. The molecule has 0 aliphatic rings. The number of aromatic nitrogens is 1. The molecule has 1 aromatic carbocycles. The third-order valence-electron chi connectivity index (χ3n) is 3.16. The Labute approximate surface area is 129 Å². The normalized spacial score (nSPS) is 10.3. The quantitative estimate of drug-likeness (QED) is 0.891. The molecule has 0 saturated heterocycles. The van der Waals surface area contributed by atoms with Crippen molar-refractivity contribution in [3.8, 4) is 0 Å². The van der Waals surface area contributed by atoms with Gasteiger partial charge in [0.1, 0.15) is 0 Å². The fourth-order valence-electron chi connectivity index (χ4n) is 1.85. The fraction of sp³-hybridized carbons (Fsp3) is 0.235.